The van der Waals surface area contributed by atoms with Crippen LogP contribution in [0.3, 0.4) is 0 Å². The van der Waals surface area contributed by atoms with Gasteiger partial charge in [-0.15, -0.1) is 0 Å². The largest absolute Gasteiger partial charge is 0.496 e. The third kappa shape index (κ3) is 4.03. The van der Waals surface area contributed by atoms with Gasteiger partial charge in [-0.25, -0.2) is 4.79 Å². The molecule has 3 rings (SSSR count). The van der Waals surface area contributed by atoms with Crippen LogP contribution < -0.4 is 15.4 Å². The zero-order chi connectivity index (χ0) is 18.7. The van der Waals surface area contributed by atoms with Gasteiger partial charge in [0.2, 0.25) is 0 Å². The lowest BCUT2D eigenvalue weighted by Crippen LogP contribution is -2.39. The SMILES string of the molecule is COc1ccc(Cl)cc1C(NC(=O)[C@@H]1CNC(=O)O1)c1cccc(Cl)c1. The molecule has 0 aromatic heterocycles. The van der Waals surface area contributed by atoms with E-state index < -0.39 is 24.1 Å². The number of hydrogen-bond donors (Lipinski definition) is 2. The topological polar surface area (TPSA) is 76.7 Å². The number of carbonyl (C=O) groups excluding carboxylic acids is 2. The minimum absolute atomic E-state index is 0.111. The zero-order valence-corrected chi connectivity index (χ0v) is 15.3. The van der Waals surface area contributed by atoms with Gasteiger partial charge in [0.15, 0.2) is 6.10 Å². The number of cyclic esters (lactones) is 1. The van der Waals surface area contributed by atoms with Gasteiger partial charge >= 0.3 is 6.09 Å². The minimum Gasteiger partial charge on any atom is -0.496 e. The average molecular weight is 395 g/mol. The monoisotopic (exact) mass is 394 g/mol. The van der Waals surface area contributed by atoms with Crippen molar-refractivity contribution in [1.29, 1.82) is 0 Å². The Labute approximate surface area is 160 Å². The van der Waals surface area contributed by atoms with Crippen LogP contribution in [-0.4, -0.2) is 31.8 Å². The number of carbonyl (C=O) groups is 2. The van der Waals surface area contributed by atoms with Gasteiger partial charge in [-0.05, 0) is 35.9 Å². The molecule has 0 saturated carbocycles. The van der Waals surface area contributed by atoms with E-state index in [0.29, 0.717) is 21.4 Å². The molecule has 1 heterocycles. The molecule has 0 aliphatic carbocycles. The summed E-state index contributed by atoms with van der Waals surface area (Å²) in [5, 5.41) is 6.36. The lowest BCUT2D eigenvalue weighted by molar-refractivity contribution is -0.128. The normalized spacial score (nSPS) is 17.2. The summed E-state index contributed by atoms with van der Waals surface area (Å²) in [6.45, 7) is 0.111. The molecule has 1 unspecified atom stereocenters. The van der Waals surface area contributed by atoms with E-state index in [-0.39, 0.29) is 6.54 Å². The number of nitrogens with one attached hydrogen (secondary N) is 2. The highest BCUT2D eigenvalue weighted by atomic mass is 35.5. The van der Waals surface area contributed by atoms with Crippen LogP contribution in [0.2, 0.25) is 10.0 Å². The van der Waals surface area contributed by atoms with Gasteiger partial charge < -0.3 is 20.1 Å². The minimum atomic E-state index is -0.908. The Balaban J connectivity index is 1.98. The van der Waals surface area contributed by atoms with Gasteiger partial charge in [0.1, 0.15) is 5.75 Å². The predicted octanol–water partition coefficient (Wildman–Crippen LogP) is 3.32. The van der Waals surface area contributed by atoms with Crippen LogP contribution in [0.15, 0.2) is 42.5 Å². The summed E-state index contributed by atoms with van der Waals surface area (Å²) in [5.74, 6) is 0.122. The van der Waals surface area contributed by atoms with Crippen molar-refractivity contribution in [3.8, 4) is 5.75 Å². The maximum Gasteiger partial charge on any atom is 0.408 e. The van der Waals surface area contributed by atoms with Crippen LogP contribution in [0.5, 0.6) is 5.75 Å². The number of halogens is 2. The van der Waals surface area contributed by atoms with Crippen LogP contribution in [0.25, 0.3) is 0 Å². The van der Waals surface area contributed by atoms with Gasteiger partial charge in [0.05, 0.1) is 19.7 Å². The molecule has 0 bridgehead atoms. The molecule has 6 nitrogen and oxygen atoms in total. The summed E-state index contributed by atoms with van der Waals surface area (Å²) in [7, 11) is 1.53. The molecule has 136 valence electrons. The third-order valence-electron chi connectivity index (χ3n) is 3.94. The number of amides is 2. The number of hydrogen-bond acceptors (Lipinski definition) is 4. The molecule has 2 amide bonds. The fraction of sp³-hybridized carbons (Fsp3) is 0.222. The summed E-state index contributed by atoms with van der Waals surface area (Å²) in [6, 6.07) is 11.6. The maximum atomic E-state index is 12.6. The van der Waals surface area contributed by atoms with E-state index in [4.69, 9.17) is 32.7 Å². The molecule has 0 radical (unpaired) electrons. The summed E-state index contributed by atoms with van der Waals surface area (Å²) >= 11 is 12.3. The standard InChI is InChI=1S/C18H16Cl2N2O4/c1-25-14-6-5-12(20)8-13(14)16(10-3-2-4-11(19)7-10)22-17(23)15-9-21-18(24)26-15/h2-8,15-16H,9H2,1H3,(H,21,24)(H,22,23)/t15-,16?/m0/s1. The van der Waals surface area contributed by atoms with Crippen LogP contribution in [0, 0.1) is 0 Å². The first-order valence-corrected chi connectivity index (χ1v) is 8.57. The van der Waals surface area contributed by atoms with Gasteiger partial charge in [0, 0.05) is 15.6 Å². The molecule has 2 aromatic carbocycles. The van der Waals surface area contributed by atoms with Crippen LogP contribution in [0.4, 0.5) is 4.79 Å². The van der Waals surface area contributed by atoms with E-state index in [9.17, 15) is 9.59 Å². The molecular formula is C18H16Cl2N2O4. The van der Waals surface area contributed by atoms with Gasteiger partial charge in [-0.3, -0.25) is 4.79 Å². The van der Waals surface area contributed by atoms with Gasteiger partial charge in [0.25, 0.3) is 5.91 Å². The fourth-order valence-corrected chi connectivity index (χ4v) is 3.11. The number of rotatable bonds is 5. The molecule has 8 heteroatoms. The first kappa shape index (κ1) is 18.4. The summed E-state index contributed by atoms with van der Waals surface area (Å²) in [4.78, 5) is 23.8. The molecule has 1 saturated heterocycles. The Hall–Kier alpha value is -2.44. The second-order valence-electron chi connectivity index (χ2n) is 5.66. The van der Waals surface area contributed by atoms with Crippen molar-refractivity contribution in [3.63, 3.8) is 0 Å². The third-order valence-corrected chi connectivity index (χ3v) is 4.42. The lowest BCUT2D eigenvalue weighted by Gasteiger charge is -2.23. The van der Waals surface area contributed by atoms with Crippen molar-refractivity contribution in [2.75, 3.05) is 13.7 Å². The Morgan fingerprint density at radius 1 is 1.27 bits per heavy atom. The zero-order valence-electron chi connectivity index (χ0n) is 13.8. The van der Waals surface area contributed by atoms with E-state index in [1.165, 1.54) is 7.11 Å². The number of alkyl carbamates (subject to hydrolysis) is 1. The molecule has 2 aromatic rings. The van der Waals surface area contributed by atoms with Crippen LogP contribution in [0.1, 0.15) is 17.2 Å². The first-order chi connectivity index (χ1) is 12.5. The van der Waals surface area contributed by atoms with Crippen molar-refractivity contribution < 1.29 is 19.1 Å². The second-order valence-corrected chi connectivity index (χ2v) is 6.53. The second kappa shape index (κ2) is 7.85. The van der Waals surface area contributed by atoms with E-state index in [0.717, 1.165) is 5.56 Å². The molecule has 1 fully saturated rings. The number of ether oxygens (including phenoxy) is 2. The van der Waals surface area contributed by atoms with E-state index in [2.05, 4.69) is 10.6 Å². The highest BCUT2D eigenvalue weighted by Gasteiger charge is 2.32. The quantitative estimate of drug-likeness (QED) is 0.815. The summed E-state index contributed by atoms with van der Waals surface area (Å²) < 4.78 is 10.4. The Morgan fingerprint density at radius 2 is 2.04 bits per heavy atom. The highest BCUT2D eigenvalue weighted by Crippen LogP contribution is 2.33. The van der Waals surface area contributed by atoms with Gasteiger partial charge in [-0.1, -0.05) is 35.3 Å². The van der Waals surface area contributed by atoms with Gasteiger partial charge in [-0.2, -0.15) is 0 Å². The molecule has 0 spiro atoms. The van der Waals surface area contributed by atoms with Crippen molar-refractivity contribution in [1.82, 2.24) is 10.6 Å². The first-order valence-electron chi connectivity index (χ1n) is 7.81. The van der Waals surface area contributed by atoms with Crippen molar-refractivity contribution in [2.24, 2.45) is 0 Å². The molecular weight excluding hydrogens is 379 g/mol. The van der Waals surface area contributed by atoms with Crippen LogP contribution in [-0.2, 0) is 9.53 Å². The Bertz CT molecular complexity index is 844. The van der Waals surface area contributed by atoms with Crippen molar-refractivity contribution >= 4 is 35.2 Å². The summed E-state index contributed by atoms with van der Waals surface area (Å²) in [5.41, 5.74) is 1.40. The van der Waals surface area contributed by atoms with E-state index in [1.807, 2.05) is 6.07 Å². The highest BCUT2D eigenvalue weighted by molar-refractivity contribution is 6.31. The van der Waals surface area contributed by atoms with Crippen molar-refractivity contribution in [2.45, 2.75) is 12.1 Å². The Kier molecular flexibility index (Phi) is 5.54. The Morgan fingerprint density at radius 3 is 2.69 bits per heavy atom. The number of methoxy groups -OCH3 is 1. The average Bonchev–Trinajstić information content (AvgIpc) is 3.06. The molecule has 1 aliphatic rings. The van der Waals surface area contributed by atoms with Crippen molar-refractivity contribution in [3.05, 3.63) is 63.6 Å². The molecule has 1 aliphatic heterocycles. The molecule has 2 N–H and O–H groups in total. The predicted molar refractivity (Wildman–Crippen MR) is 97.7 cm³/mol. The lowest BCUT2D eigenvalue weighted by atomic mass is 9.97. The van der Waals surface area contributed by atoms with E-state index in [1.54, 1.807) is 36.4 Å². The fourth-order valence-electron chi connectivity index (χ4n) is 2.73. The number of benzene rings is 2. The molecule has 2 atom stereocenters. The summed E-state index contributed by atoms with van der Waals surface area (Å²) in [6.07, 6.45) is -1.53. The smallest absolute Gasteiger partial charge is 0.408 e. The maximum absolute atomic E-state index is 12.6. The molecule has 26 heavy (non-hydrogen) atoms. The van der Waals surface area contributed by atoms with Crippen LogP contribution >= 0.6 is 23.2 Å². The van der Waals surface area contributed by atoms with E-state index >= 15 is 0 Å².